The highest BCUT2D eigenvalue weighted by atomic mass is 35.5. The van der Waals surface area contributed by atoms with E-state index in [4.69, 9.17) is 21.3 Å². The van der Waals surface area contributed by atoms with E-state index in [9.17, 15) is 4.79 Å². The van der Waals surface area contributed by atoms with Gasteiger partial charge in [0.15, 0.2) is 5.65 Å². The van der Waals surface area contributed by atoms with E-state index in [2.05, 4.69) is 40.0 Å². The standard InChI is InChI=1S/C29H33ClN8O2/c1-20(2)34-12-14-35(15-13-34)21-8-9-26(32-19-21)33-22-18-25(27(30)37-11-10-31-28(22)37)38-24-7-5-4-6-23(24)36(29(38)39)16-17-40-3/h4-11,18-20H,12-17H2,1-3H3,(H,32,33). The molecule has 0 radical (unpaired) electrons. The van der Waals surface area contributed by atoms with Crippen LogP contribution in [0.1, 0.15) is 13.8 Å². The van der Waals surface area contributed by atoms with E-state index in [1.54, 1.807) is 33.0 Å². The number of imidazole rings is 2. The number of methoxy groups -OCH3 is 1. The number of anilines is 3. The molecule has 1 saturated heterocycles. The summed E-state index contributed by atoms with van der Waals surface area (Å²) < 4.78 is 10.4. The molecule has 0 amide bonds. The fourth-order valence-corrected chi connectivity index (χ4v) is 5.69. The summed E-state index contributed by atoms with van der Waals surface area (Å²) in [6.45, 7) is 9.39. The number of halogens is 1. The number of fused-ring (bicyclic) bond motifs is 2. The molecule has 208 valence electrons. The van der Waals surface area contributed by atoms with Crippen LogP contribution in [-0.4, -0.2) is 74.3 Å². The monoisotopic (exact) mass is 560 g/mol. The van der Waals surface area contributed by atoms with Crippen LogP contribution in [0.5, 0.6) is 0 Å². The molecule has 1 aliphatic heterocycles. The van der Waals surface area contributed by atoms with Crippen molar-refractivity contribution in [1.82, 2.24) is 28.4 Å². The second-order valence-corrected chi connectivity index (χ2v) is 10.6. The molecular formula is C29H33ClN8O2. The normalized spacial score (nSPS) is 14.6. The minimum absolute atomic E-state index is 0.189. The van der Waals surface area contributed by atoms with Crippen molar-refractivity contribution < 1.29 is 4.74 Å². The molecule has 5 heterocycles. The molecule has 0 spiro atoms. The first-order valence-corrected chi connectivity index (χ1v) is 13.9. The lowest BCUT2D eigenvalue weighted by Crippen LogP contribution is -2.48. The summed E-state index contributed by atoms with van der Waals surface area (Å²) in [5.41, 5.74) is 4.36. The van der Waals surface area contributed by atoms with Crippen molar-refractivity contribution in [2.75, 3.05) is 50.1 Å². The summed E-state index contributed by atoms with van der Waals surface area (Å²) in [5.74, 6) is 0.678. The van der Waals surface area contributed by atoms with Gasteiger partial charge in [-0.25, -0.2) is 14.8 Å². The Balaban J connectivity index is 1.35. The molecule has 0 aliphatic carbocycles. The number of rotatable bonds is 8. The Bertz CT molecular complexity index is 1700. The van der Waals surface area contributed by atoms with Gasteiger partial charge in [0.25, 0.3) is 0 Å². The summed E-state index contributed by atoms with van der Waals surface area (Å²) in [4.78, 5) is 27.8. The van der Waals surface area contributed by atoms with Gasteiger partial charge in [-0.3, -0.25) is 18.4 Å². The molecule has 40 heavy (non-hydrogen) atoms. The number of ether oxygens (including phenoxy) is 1. The molecule has 1 aromatic carbocycles. The molecular weight excluding hydrogens is 528 g/mol. The average molecular weight is 561 g/mol. The van der Waals surface area contributed by atoms with E-state index in [1.807, 2.05) is 42.6 Å². The maximum atomic E-state index is 13.7. The van der Waals surface area contributed by atoms with E-state index in [1.165, 1.54) is 0 Å². The molecule has 0 unspecified atom stereocenters. The van der Waals surface area contributed by atoms with Gasteiger partial charge in [-0.05, 0) is 44.2 Å². The van der Waals surface area contributed by atoms with Crippen LogP contribution in [0.2, 0.25) is 5.15 Å². The summed E-state index contributed by atoms with van der Waals surface area (Å²) in [6, 6.07) is 14.2. The Morgan fingerprint density at radius 3 is 2.52 bits per heavy atom. The summed E-state index contributed by atoms with van der Waals surface area (Å²) in [6.07, 6.45) is 5.38. The van der Waals surface area contributed by atoms with Gasteiger partial charge in [-0.1, -0.05) is 23.7 Å². The molecule has 6 rings (SSSR count). The van der Waals surface area contributed by atoms with Gasteiger partial charge in [0, 0.05) is 51.7 Å². The zero-order valence-corrected chi connectivity index (χ0v) is 23.7. The van der Waals surface area contributed by atoms with Gasteiger partial charge >= 0.3 is 5.69 Å². The number of aromatic nitrogens is 5. The second kappa shape index (κ2) is 11.0. The predicted octanol–water partition coefficient (Wildman–Crippen LogP) is 4.41. The molecule has 5 aromatic rings. The molecule has 0 atom stereocenters. The zero-order valence-electron chi connectivity index (χ0n) is 22.9. The van der Waals surface area contributed by atoms with Crippen LogP contribution in [0.3, 0.4) is 0 Å². The fourth-order valence-electron chi connectivity index (χ4n) is 5.42. The quantitative estimate of drug-likeness (QED) is 0.281. The zero-order chi connectivity index (χ0) is 27.8. The average Bonchev–Trinajstić information content (AvgIpc) is 3.57. The minimum atomic E-state index is -0.189. The highest BCUT2D eigenvalue weighted by Crippen LogP contribution is 2.31. The van der Waals surface area contributed by atoms with Crippen molar-refractivity contribution in [3.8, 4) is 5.69 Å². The van der Waals surface area contributed by atoms with E-state index in [-0.39, 0.29) is 5.69 Å². The van der Waals surface area contributed by atoms with Crippen molar-refractivity contribution in [2.24, 2.45) is 0 Å². The van der Waals surface area contributed by atoms with Crippen LogP contribution < -0.4 is 15.9 Å². The van der Waals surface area contributed by atoms with Crippen molar-refractivity contribution in [1.29, 1.82) is 0 Å². The summed E-state index contributed by atoms with van der Waals surface area (Å²) in [5, 5.41) is 3.80. The Morgan fingerprint density at radius 1 is 1.05 bits per heavy atom. The third-order valence-corrected chi connectivity index (χ3v) is 7.98. The first-order valence-electron chi connectivity index (χ1n) is 13.5. The number of nitrogens with one attached hydrogen (secondary N) is 1. The van der Waals surface area contributed by atoms with Gasteiger partial charge in [-0.15, -0.1) is 0 Å². The fraction of sp³-hybridized carbons (Fsp3) is 0.345. The van der Waals surface area contributed by atoms with Gasteiger partial charge in [-0.2, -0.15) is 0 Å². The molecule has 1 fully saturated rings. The molecule has 1 aliphatic rings. The number of hydrogen-bond donors (Lipinski definition) is 1. The SMILES string of the molecule is COCCn1c(=O)n(-c2cc(Nc3ccc(N4CCN(C(C)C)CC4)cn3)c3nccn3c2Cl)c2ccccc21. The van der Waals surface area contributed by atoms with Crippen molar-refractivity contribution in [2.45, 2.75) is 26.4 Å². The second-order valence-electron chi connectivity index (χ2n) is 10.2. The minimum Gasteiger partial charge on any atom is -0.383 e. The number of pyridine rings is 2. The van der Waals surface area contributed by atoms with Crippen LogP contribution in [0, 0.1) is 0 Å². The Kier molecular flexibility index (Phi) is 7.22. The van der Waals surface area contributed by atoms with Crippen molar-refractivity contribution >= 4 is 45.5 Å². The van der Waals surface area contributed by atoms with Crippen LogP contribution in [0.4, 0.5) is 17.2 Å². The number of hydrogen-bond acceptors (Lipinski definition) is 7. The smallest absolute Gasteiger partial charge is 0.333 e. The van der Waals surface area contributed by atoms with Crippen molar-refractivity contribution in [3.05, 3.63) is 76.7 Å². The number of benzene rings is 1. The third kappa shape index (κ3) is 4.72. The van der Waals surface area contributed by atoms with Crippen LogP contribution in [0.15, 0.2) is 65.8 Å². The van der Waals surface area contributed by atoms with E-state index >= 15 is 0 Å². The maximum absolute atomic E-state index is 13.7. The molecule has 11 heteroatoms. The number of nitrogens with zero attached hydrogens (tertiary/aromatic N) is 7. The van der Waals surface area contributed by atoms with E-state index < -0.39 is 0 Å². The van der Waals surface area contributed by atoms with Gasteiger partial charge in [0.2, 0.25) is 0 Å². The number of piperazine rings is 1. The van der Waals surface area contributed by atoms with Gasteiger partial charge < -0.3 is 15.0 Å². The summed E-state index contributed by atoms with van der Waals surface area (Å²) in [7, 11) is 1.62. The Morgan fingerprint density at radius 2 is 1.82 bits per heavy atom. The summed E-state index contributed by atoms with van der Waals surface area (Å²) >= 11 is 6.89. The van der Waals surface area contributed by atoms with Gasteiger partial charge in [0.05, 0.1) is 47.4 Å². The van der Waals surface area contributed by atoms with Crippen molar-refractivity contribution in [3.63, 3.8) is 0 Å². The highest BCUT2D eigenvalue weighted by Gasteiger charge is 2.21. The number of para-hydroxylation sites is 2. The first-order chi connectivity index (χ1) is 19.5. The lowest BCUT2D eigenvalue weighted by Gasteiger charge is -2.38. The predicted molar refractivity (Wildman–Crippen MR) is 160 cm³/mol. The van der Waals surface area contributed by atoms with Crippen LogP contribution >= 0.6 is 11.6 Å². The maximum Gasteiger partial charge on any atom is 0.333 e. The first kappa shape index (κ1) is 26.4. The van der Waals surface area contributed by atoms with Crippen LogP contribution in [0.25, 0.3) is 22.4 Å². The molecule has 4 aromatic heterocycles. The molecule has 10 nitrogen and oxygen atoms in total. The Hall–Kier alpha value is -3.86. The van der Waals surface area contributed by atoms with E-state index in [0.717, 1.165) is 42.9 Å². The Labute approximate surface area is 237 Å². The van der Waals surface area contributed by atoms with E-state index in [0.29, 0.717) is 47.2 Å². The largest absolute Gasteiger partial charge is 0.383 e. The van der Waals surface area contributed by atoms with Crippen LogP contribution in [-0.2, 0) is 11.3 Å². The highest BCUT2D eigenvalue weighted by molar-refractivity contribution is 6.32. The molecule has 1 N–H and O–H groups in total. The lowest BCUT2D eigenvalue weighted by atomic mass is 10.2. The molecule has 0 bridgehead atoms. The topological polar surface area (TPSA) is 84.9 Å². The lowest BCUT2D eigenvalue weighted by molar-refractivity contribution is 0.187. The third-order valence-electron chi connectivity index (χ3n) is 7.60. The van der Waals surface area contributed by atoms with Gasteiger partial charge in [0.1, 0.15) is 11.0 Å². The molecule has 0 saturated carbocycles.